The molecule has 0 heterocycles. The fourth-order valence-corrected chi connectivity index (χ4v) is 2.18. The molecule has 0 saturated heterocycles. The van der Waals surface area contributed by atoms with Gasteiger partial charge in [0.25, 0.3) is 0 Å². The highest BCUT2D eigenvalue weighted by molar-refractivity contribution is 9.11. The third-order valence-electron chi connectivity index (χ3n) is 3.17. The lowest BCUT2D eigenvalue weighted by molar-refractivity contribution is 0.415. The fraction of sp³-hybridized carbons (Fsp3) is 0.250. The van der Waals surface area contributed by atoms with Gasteiger partial charge in [-0.2, -0.15) is 0 Å². The van der Waals surface area contributed by atoms with Crippen molar-refractivity contribution in [2.45, 2.75) is 13.0 Å². The molecule has 0 aliphatic carbocycles. The summed E-state index contributed by atoms with van der Waals surface area (Å²) in [5, 5.41) is 5.84. The van der Waals surface area contributed by atoms with Crippen LogP contribution in [0.25, 0.3) is 10.8 Å². The molecule has 2 aromatic rings. The van der Waals surface area contributed by atoms with E-state index in [1.165, 1.54) is 16.3 Å². The molecule has 100 valence electrons. The van der Waals surface area contributed by atoms with Crippen molar-refractivity contribution in [1.82, 2.24) is 5.32 Å². The van der Waals surface area contributed by atoms with Gasteiger partial charge in [-0.1, -0.05) is 40.7 Å². The highest BCUT2D eigenvalue weighted by Crippen LogP contribution is 2.24. The average Bonchev–Trinajstić information content (AvgIpc) is 2.43. The van der Waals surface area contributed by atoms with Crippen molar-refractivity contribution in [2.24, 2.45) is 0 Å². The van der Waals surface area contributed by atoms with E-state index in [-0.39, 0.29) is 0 Å². The molecule has 0 bridgehead atoms. The molecular weight excluding hydrogens is 302 g/mol. The maximum atomic E-state index is 5.24. The zero-order valence-corrected chi connectivity index (χ0v) is 12.8. The van der Waals surface area contributed by atoms with Gasteiger partial charge in [-0.05, 0) is 41.5 Å². The standard InChI is InChI=1S/C16H18BrNO/c1-11(17)10-18-12(2)13-4-5-15-9-16(19-3)7-6-14(15)8-13/h4-9,12,18H,1,10H2,2-3H3. The van der Waals surface area contributed by atoms with Crippen LogP contribution in [0, 0.1) is 0 Å². The van der Waals surface area contributed by atoms with Crippen molar-refractivity contribution in [3.05, 3.63) is 53.0 Å². The van der Waals surface area contributed by atoms with Gasteiger partial charge in [0.2, 0.25) is 0 Å². The Morgan fingerprint density at radius 3 is 2.63 bits per heavy atom. The van der Waals surface area contributed by atoms with Crippen LogP contribution in [0.3, 0.4) is 0 Å². The number of benzene rings is 2. The minimum absolute atomic E-state index is 0.292. The summed E-state index contributed by atoms with van der Waals surface area (Å²) in [5.74, 6) is 0.891. The summed E-state index contributed by atoms with van der Waals surface area (Å²) in [4.78, 5) is 0. The number of rotatable bonds is 5. The van der Waals surface area contributed by atoms with E-state index in [0.29, 0.717) is 6.04 Å². The largest absolute Gasteiger partial charge is 0.497 e. The van der Waals surface area contributed by atoms with E-state index >= 15 is 0 Å². The molecule has 0 aromatic heterocycles. The molecule has 1 unspecified atom stereocenters. The molecule has 0 radical (unpaired) electrons. The van der Waals surface area contributed by atoms with Gasteiger partial charge < -0.3 is 10.1 Å². The molecule has 0 saturated carbocycles. The van der Waals surface area contributed by atoms with Crippen molar-refractivity contribution < 1.29 is 4.74 Å². The summed E-state index contributed by atoms with van der Waals surface area (Å²) in [5.41, 5.74) is 1.27. The average molecular weight is 320 g/mol. The van der Waals surface area contributed by atoms with Gasteiger partial charge in [-0.25, -0.2) is 0 Å². The van der Waals surface area contributed by atoms with Crippen molar-refractivity contribution in [3.8, 4) is 5.75 Å². The van der Waals surface area contributed by atoms with Crippen molar-refractivity contribution in [3.63, 3.8) is 0 Å². The van der Waals surface area contributed by atoms with E-state index in [0.717, 1.165) is 16.8 Å². The zero-order valence-electron chi connectivity index (χ0n) is 11.2. The van der Waals surface area contributed by atoms with Crippen LogP contribution in [0.4, 0.5) is 0 Å². The summed E-state index contributed by atoms with van der Waals surface area (Å²) < 4.78 is 6.20. The number of fused-ring (bicyclic) bond motifs is 1. The van der Waals surface area contributed by atoms with E-state index in [1.54, 1.807) is 7.11 Å². The second-order valence-corrected chi connectivity index (χ2v) is 5.71. The number of hydrogen-bond acceptors (Lipinski definition) is 2. The topological polar surface area (TPSA) is 21.3 Å². The molecule has 2 aromatic carbocycles. The molecular formula is C16H18BrNO. The Bertz CT molecular complexity index is 594. The van der Waals surface area contributed by atoms with Gasteiger partial charge in [0.15, 0.2) is 0 Å². The highest BCUT2D eigenvalue weighted by atomic mass is 79.9. The third kappa shape index (κ3) is 3.58. The lowest BCUT2D eigenvalue weighted by atomic mass is 10.0. The molecule has 3 heteroatoms. The molecule has 0 amide bonds. The van der Waals surface area contributed by atoms with Gasteiger partial charge in [0.1, 0.15) is 5.75 Å². The van der Waals surface area contributed by atoms with E-state index in [2.05, 4.69) is 65.1 Å². The van der Waals surface area contributed by atoms with E-state index in [4.69, 9.17) is 4.74 Å². The normalized spacial score (nSPS) is 12.4. The van der Waals surface area contributed by atoms with Crippen molar-refractivity contribution >= 4 is 26.7 Å². The van der Waals surface area contributed by atoms with Gasteiger partial charge in [0.05, 0.1) is 7.11 Å². The Labute approximate surface area is 122 Å². The molecule has 0 spiro atoms. The zero-order chi connectivity index (χ0) is 13.8. The van der Waals surface area contributed by atoms with Crippen LogP contribution >= 0.6 is 15.9 Å². The molecule has 2 nitrogen and oxygen atoms in total. The molecule has 0 aliphatic heterocycles. The summed E-state index contributed by atoms with van der Waals surface area (Å²) >= 11 is 3.36. The Hall–Kier alpha value is -1.32. The maximum Gasteiger partial charge on any atom is 0.119 e. The first-order valence-electron chi connectivity index (χ1n) is 6.24. The maximum absolute atomic E-state index is 5.24. The first-order chi connectivity index (χ1) is 9.10. The third-order valence-corrected chi connectivity index (χ3v) is 3.45. The molecule has 19 heavy (non-hydrogen) atoms. The van der Waals surface area contributed by atoms with Crippen LogP contribution in [0.15, 0.2) is 47.5 Å². The lowest BCUT2D eigenvalue weighted by Gasteiger charge is -2.14. The second kappa shape index (κ2) is 6.22. The first-order valence-corrected chi connectivity index (χ1v) is 7.04. The number of methoxy groups -OCH3 is 1. The smallest absolute Gasteiger partial charge is 0.119 e. The van der Waals surface area contributed by atoms with Gasteiger partial charge in [0, 0.05) is 17.1 Å². The monoisotopic (exact) mass is 319 g/mol. The Morgan fingerprint density at radius 1 is 1.26 bits per heavy atom. The van der Waals surface area contributed by atoms with Crippen LogP contribution in [0.2, 0.25) is 0 Å². The number of nitrogens with one attached hydrogen (secondary N) is 1. The highest BCUT2D eigenvalue weighted by Gasteiger charge is 2.06. The van der Waals surface area contributed by atoms with Gasteiger partial charge >= 0.3 is 0 Å². The molecule has 0 fully saturated rings. The molecule has 0 aliphatic rings. The van der Waals surface area contributed by atoms with Crippen LogP contribution in [-0.2, 0) is 0 Å². The quantitative estimate of drug-likeness (QED) is 0.881. The lowest BCUT2D eigenvalue weighted by Crippen LogP contribution is -2.19. The molecule has 1 atom stereocenters. The van der Waals surface area contributed by atoms with Crippen LogP contribution in [-0.4, -0.2) is 13.7 Å². The Balaban J connectivity index is 2.23. The Kier molecular flexibility index (Phi) is 4.61. The van der Waals surface area contributed by atoms with Gasteiger partial charge in [-0.15, -0.1) is 0 Å². The summed E-state index contributed by atoms with van der Waals surface area (Å²) in [6, 6.07) is 12.9. The molecule has 1 N–H and O–H groups in total. The number of hydrogen-bond donors (Lipinski definition) is 1. The van der Waals surface area contributed by atoms with E-state index in [1.807, 2.05) is 6.07 Å². The first kappa shape index (κ1) is 14.1. The second-order valence-electron chi connectivity index (χ2n) is 4.59. The summed E-state index contributed by atoms with van der Waals surface area (Å²) in [6.45, 7) is 6.75. The summed E-state index contributed by atoms with van der Waals surface area (Å²) in [7, 11) is 1.69. The SMILES string of the molecule is C=C(Br)CNC(C)c1ccc2cc(OC)ccc2c1. The van der Waals surface area contributed by atoms with Crippen LogP contribution < -0.4 is 10.1 Å². The van der Waals surface area contributed by atoms with Crippen LogP contribution in [0.1, 0.15) is 18.5 Å². The van der Waals surface area contributed by atoms with E-state index < -0.39 is 0 Å². The van der Waals surface area contributed by atoms with Crippen molar-refractivity contribution in [1.29, 1.82) is 0 Å². The van der Waals surface area contributed by atoms with Crippen LogP contribution in [0.5, 0.6) is 5.75 Å². The van der Waals surface area contributed by atoms with Crippen molar-refractivity contribution in [2.75, 3.05) is 13.7 Å². The molecule has 2 rings (SSSR count). The number of halogens is 1. The predicted octanol–water partition coefficient (Wildman–Crippen LogP) is 4.41. The van der Waals surface area contributed by atoms with Gasteiger partial charge in [-0.3, -0.25) is 0 Å². The fourth-order valence-electron chi connectivity index (χ4n) is 2.02. The predicted molar refractivity (Wildman–Crippen MR) is 85.0 cm³/mol. The van der Waals surface area contributed by atoms with E-state index in [9.17, 15) is 0 Å². The number of ether oxygens (including phenoxy) is 1. The Morgan fingerprint density at radius 2 is 1.95 bits per heavy atom. The minimum atomic E-state index is 0.292. The minimum Gasteiger partial charge on any atom is -0.497 e. The summed E-state index contributed by atoms with van der Waals surface area (Å²) in [6.07, 6.45) is 0.